The van der Waals surface area contributed by atoms with Crippen LogP contribution >= 0.6 is 0 Å². The van der Waals surface area contributed by atoms with Gasteiger partial charge in [-0.3, -0.25) is 0 Å². The van der Waals surface area contributed by atoms with Gasteiger partial charge in [-0.25, -0.2) is 0 Å². The molecule has 4 nitrogen and oxygen atoms in total. The molecule has 2 aliphatic heterocycles. The van der Waals surface area contributed by atoms with Gasteiger partial charge in [0.05, 0.1) is 22.4 Å². The third-order valence-electron chi connectivity index (χ3n) is 6.48. The molecule has 3 rings (SSSR count). The van der Waals surface area contributed by atoms with Gasteiger partial charge in [0.25, 0.3) is 0 Å². The quantitative estimate of drug-likeness (QED) is 0.776. The molecule has 2 saturated heterocycles. The average molecular weight is 358 g/mol. The zero-order chi connectivity index (χ0) is 19.4. The van der Waals surface area contributed by atoms with Crippen molar-refractivity contribution in [3.8, 4) is 0 Å². The molecule has 0 aliphatic carbocycles. The molecule has 1 aromatic carbocycles. The van der Waals surface area contributed by atoms with Crippen LogP contribution in [0.15, 0.2) is 24.3 Å². The summed E-state index contributed by atoms with van der Waals surface area (Å²) in [4.78, 5) is 0. The zero-order valence-electron chi connectivity index (χ0n) is 17.5. The van der Waals surface area contributed by atoms with Gasteiger partial charge >= 0.3 is 14.2 Å². The second-order valence-electron chi connectivity index (χ2n) is 9.32. The minimum atomic E-state index is -0.378. The first-order valence-corrected chi connectivity index (χ1v) is 9.72. The average Bonchev–Trinajstić information content (AvgIpc) is 2.89. The van der Waals surface area contributed by atoms with Crippen LogP contribution in [0.4, 0.5) is 0 Å². The summed E-state index contributed by atoms with van der Waals surface area (Å²) in [6.45, 7) is 16.8. The molecule has 0 aromatic heterocycles. The highest BCUT2D eigenvalue weighted by atomic mass is 16.7. The van der Waals surface area contributed by atoms with Crippen molar-refractivity contribution in [2.75, 3.05) is 0 Å². The highest BCUT2D eigenvalue weighted by molar-refractivity contribution is 6.65. The van der Waals surface area contributed by atoms with E-state index in [1.807, 2.05) is 18.2 Å². The molecule has 0 amide bonds. The van der Waals surface area contributed by atoms with Crippen LogP contribution in [0.3, 0.4) is 0 Å². The van der Waals surface area contributed by atoms with E-state index < -0.39 is 0 Å². The Balaban J connectivity index is 1.83. The molecule has 1 unspecified atom stereocenters. The SMILES string of the molecule is CCCC1(C)OB(c2cccc(B3OC(C)(C)C(C)(C)O3)c2)OC1(C)C. The number of rotatable bonds is 4. The lowest BCUT2D eigenvalue weighted by atomic mass is 9.72. The van der Waals surface area contributed by atoms with Crippen LogP contribution in [0.25, 0.3) is 0 Å². The Morgan fingerprint density at radius 1 is 0.731 bits per heavy atom. The van der Waals surface area contributed by atoms with E-state index in [1.54, 1.807) is 0 Å². The van der Waals surface area contributed by atoms with E-state index in [1.165, 1.54) is 0 Å². The van der Waals surface area contributed by atoms with Crippen molar-refractivity contribution in [3.05, 3.63) is 24.3 Å². The maximum atomic E-state index is 6.39. The van der Waals surface area contributed by atoms with Crippen LogP contribution in [0, 0.1) is 0 Å². The summed E-state index contributed by atoms with van der Waals surface area (Å²) < 4.78 is 25.1. The monoisotopic (exact) mass is 358 g/mol. The van der Waals surface area contributed by atoms with Crippen LogP contribution in [-0.2, 0) is 18.6 Å². The molecule has 0 radical (unpaired) electrons. The fourth-order valence-corrected chi connectivity index (χ4v) is 3.60. The first-order chi connectivity index (χ1) is 11.9. The molecule has 0 bridgehead atoms. The first-order valence-electron chi connectivity index (χ1n) is 9.72. The standard InChI is InChI=1S/C20H32B2O4/c1-9-13-20(8)19(6,7)25-22(26-20)16-12-10-11-15(14-16)21-23-17(2,3)18(4,5)24-21/h10-12,14H,9,13H2,1-8H3. The fraction of sp³-hybridized carbons (Fsp3) is 0.700. The summed E-state index contributed by atoms with van der Waals surface area (Å²) in [5, 5.41) is 0. The summed E-state index contributed by atoms with van der Waals surface area (Å²) in [6, 6.07) is 8.19. The lowest BCUT2D eigenvalue weighted by Gasteiger charge is -2.36. The Bertz CT molecular complexity index is 658. The first kappa shape index (κ1) is 19.9. The summed E-state index contributed by atoms with van der Waals surface area (Å²) in [6.07, 6.45) is 2.03. The predicted molar refractivity (Wildman–Crippen MR) is 107 cm³/mol. The van der Waals surface area contributed by atoms with Crippen LogP contribution in [0.1, 0.15) is 68.2 Å². The normalized spacial score (nSPS) is 29.4. The van der Waals surface area contributed by atoms with Crippen LogP contribution in [0.5, 0.6) is 0 Å². The maximum absolute atomic E-state index is 6.39. The summed E-state index contributed by atoms with van der Waals surface area (Å²) in [5.74, 6) is 0. The molecule has 0 saturated carbocycles. The minimum Gasteiger partial charge on any atom is -0.399 e. The van der Waals surface area contributed by atoms with Gasteiger partial charge < -0.3 is 18.6 Å². The van der Waals surface area contributed by atoms with E-state index >= 15 is 0 Å². The third kappa shape index (κ3) is 3.26. The van der Waals surface area contributed by atoms with Gasteiger partial charge in [0.1, 0.15) is 0 Å². The Labute approximate surface area is 159 Å². The third-order valence-corrected chi connectivity index (χ3v) is 6.48. The van der Waals surface area contributed by atoms with E-state index in [2.05, 4.69) is 61.5 Å². The van der Waals surface area contributed by atoms with Crippen molar-refractivity contribution < 1.29 is 18.6 Å². The Morgan fingerprint density at radius 3 is 1.69 bits per heavy atom. The minimum absolute atomic E-state index is 0.299. The van der Waals surface area contributed by atoms with Crippen molar-refractivity contribution in [1.29, 1.82) is 0 Å². The van der Waals surface area contributed by atoms with Crippen molar-refractivity contribution in [2.45, 2.75) is 90.6 Å². The summed E-state index contributed by atoms with van der Waals surface area (Å²) in [5.41, 5.74) is 0.659. The second-order valence-corrected chi connectivity index (χ2v) is 9.32. The van der Waals surface area contributed by atoms with Crippen LogP contribution < -0.4 is 10.9 Å². The molecular weight excluding hydrogens is 326 g/mol. The molecule has 0 spiro atoms. The smallest absolute Gasteiger partial charge is 0.399 e. The number of benzene rings is 1. The molecule has 0 N–H and O–H groups in total. The van der Waals surface area contributed by atoms with Gasteiger partial charge in [-0.15, -0.1) is 0 Å². The highest BCUT2D eigenvalue weighted by Crippen LogP contribution is 2.40. The molecule has 26 heavy (non-hydrogen) atoms. The molecular formula is C20H32B2O4. The summed E-state index contributed by atoms with van der Waals surface area (Å²) >= 11 is 0. The molecule has 2 fully saturated rings. The number of hydrogen-bond donors (Lipinski definition) is 0. The van der Waals surface area contributed by atoms with Crippen molar-refractivity contribution in [2.24, 2.45) is 0 Å². The van der Waals surface area contributed by atoms with E-state index in [9.17, 15) is 0 Å². The molecule has 2 aliphatic rings. The van der Waals surface area contributed by atoms with Crippen molar-refractivity contribution in [1.82, 2.24) is 0 Å². The molecule has 1 atom stereocenters. The molecule has 6 heteroatoms. The topological polar surface area (TPSA) is 36.9 Å². The van der Waals surface area contributed by atoms with E-state index in [-0.39, 0.29) is 36.6 Å². The van der Waals surface area contributed by atoms with Gasteiger partial charge in [-0.1, -0.05) is 37.6 Å². The fourth-order valence-electron chi connectivity index (χ4n) is 3.60. The van der Waals surface area contributed by atoms with E-state index in [4.69, 9.17) is 18.6 Å². The Morgan fingerprint density at radius 2 is 1.19 bits per heavy atom. The Kier molecular flexibility index (Phi) is 4.88. The van der Waals surface area contributed by atoms with Gasteiger partial charge in [0.15, 0.2) is 0 Å². The largest absolute Gasteiger partial charge is 0.494 e. The number of hydrogen-bond acceptors (Lipinski definition) is 4. The molecule has 1 aromatic rings. The molecule has 2 heterocycles. The van der Waals surface area contributed by atoms with Crippen molar-refractivity contribution in [3.63, 3.8) is 0 Å². The van der Waals surface area contributed by atoms with Crippen molar-refractivity contribution >= 4 is 25.2 Å². The maximum Gasteiger partial charge on any atom is 0.494 e. The van der Waals surface area contributed by atoms with E-state index in [0.29, 0.717) is 0 Å². The zero-order valence-corrected chi connectivity index (χ0v) is 17.5. The van der Waals surface area contributed by atoms with E-state index in [0.717, 1.165) is 23.8 Å². The lowest BCUT2D eigenvalue weighted by molar-refractivity contribution is -0.0159. The summed E-state index contributed by atoms with van der Waals surface area (Å²) in [7, 11) is -0.750. The lowest BCUT2D eigenvalue weighted by Crippen LogP contribution is -2.44. The van der Waals surface area contributed by atoms with Crippen LogP contribution in [0.2, 0.25) is 0 Å². The predicted octanol–water partition coefficient (Wildman–Crippen LogP) is 3.07. The van der Waals surface area contributed by atoms with Gasteiger partial charge in [-0.05, 0) is 65.8 Å². The Hall–Kier alpha value is -0.810. The van der Waals surface area contributed by atoms with Gasteiger partial charge in [0.2, 0.25) is 0 Å². The second kappa shape index (κ2) is 6.37. The highest BCUT2D eigenvalue weighted by Gasteiger charge is 2.55. The van der Waals surface area contributed by atoms with Gasteiger partial charge in [-0.2, -0.15) is 0 Å². The molecule has 142 valence electrons. The van der Waals surface area contributed by atoms with Gasteiger partial charge in [0, 0.05) is 0 Å². The van der Waals surface area contributed by atoms with Crippen LogP contribution in [-0.4, -0.2) is 36.6 Å².